The van der Waals surface area contributed by atoms with E-state index >= 15 is 0 Å². The molecule has 1 fully saturated rings. The van der Waals surface area contributed by atoms with Crippen molar-refractivity contribution in [1.82, 2.24) is 4.90 Å². The molecule has 3 nitrogen and oxygen atoms in total. The Morgan fingerprint density at radius 2 is 2.00 bits per heavy atom. The summed E-state index contributed by atoms with van der Waals surface area (Å²) in [5.41, 5.74) is 7.12. The minimum absolute atomic E-state index is 0.0125. The van der Waals surface area contributed by atoms with E-state index in [1.165, 1.54) is 0 Å². The number of hydrogen-bond donors (Lipinski definition) is 1. The maximum absolute atomic E-state index is 12.6. The molecule has 1 aliphatic rings. The Hall–Kier alpha value is -1.06. The van der Waals surface area contributed by atoms with Gasteiger partial charge in [0, 0.05) is 11.1 Å². The van der Waals surface area contributed by atoms with E-state index < -0.39 is 6.04 Å². The van der Waals surface area contributed by atoms with E-state index in [-0.39, 0.29) is 17.9 Å². The van der Waals surface area contributed by atoms with Gasteiger partial charge in [-0.1, -0.05) is 37.6 Å². The smallest absolute Gasteiger partial charge is 0.240 e. The number of carbonyl (C=O) groups excluding carboxylic acids is 1. The quantitative estimate of drug-likeness (QED) is 0.905. The molecule has 1 saturated carbocycles. The molecule has 110 valence electrons. The number of benzene rings is 1. The predicted octanol–water partition coefficient (Wildman–Crippen LogP) is 3.38. The van der Waals surface area contributed by atoms with Crippen LogP contribution in [0.15, 0.2) is 24.3 Å². The van der Waals surface area contributed by atoms with Gasteiger partial charge in [0.25, 0.3) is 0 Å². The summed E-state index contributed by atoms with van der Waals surface area (Å²) in [6.07, 6.45) is 2.14. The van der Waals surface area contributed by atoms with Gasteiger partial charge >= 0.3 is 0 Å². The average molecular weight is 295 g/mol. The molecule has 2 N–H and O–H groups in total. The SMILES string of the molecule is CC(C)C(N)C(=O)N(C1CC1)[C@@H](C)c1cccc(Cl)c1. The van der Waals surface area contributed by atoms with Gasteiger partial charge in [0.1, 0.15) is 0 Å². The van der Waals surface area contributed by atoms with Crippen LogP contribution in [-0.2, 0) is 4.79 Å². The monoisotopic (exact) mass is 294 g/mol. The topological polar surface area (TPSA) is 46.3 Å². The van der Waals surface area contributed by atoms with E-state index in [0.717, 1.165) is 18.4 Å². The molecule has 20 heavy (non-hydrogen) atoms. The van der Waals surface area contributed by atoms with Crippen molar-refractivity contribution in [3.05, 3.63) is 34.9 Å². The summed E-state index contributed by atoms with van der Waals surface area (Å²) in [5, 5.41) is 0.700. The Morgan fingerprint density at radius 3 is 2.50 bits per heavy atom. The molecule has 1 aliphatic carbocycles. The zero-order chi connectivity index (χ0) is 14.9. The average Bonchev–Trinajstić information content (AvgIpc) is 3.22. The lowest BCUT2D eigenvalue weighted by molar-refractivity contribution is -0.136. The second-order valence-corrected chi connectivity index (χ2v) is 6.41. The minimum Gasteiger partial charge on any atom is -0.332 e. The molecule has 1 unspecified atom stereocenters. The fraction of sp³-hybridized carbons (Fsp3) is 0.562. The number of amides is 1. The van der Waals surface area contributed by atoms with Gasteiger partial charge in [-0.3, -0.25) is 4.79 Å². The lowest BCUT2D eigenvalue weighted by Gasteiger charge is -2.33. The highest BCUT2D eigenvalue weighted by Crippen LogP contribution is 2.35. The fourth-order valence-corrected chi connectivity index (χ4v) is 2.62. The molecular weight excluding hydrogens is 272 g/mol. The lowest BCUT2D eigenvalue weighted by Crippen LogP contribution is -2.48. The van der Waals surface area contributed by atoms with Gasteiger partial charge in [-0.15, -0.1) is 0 Å². The second-order valence-electron chi connectivity index (χ2n) is 5.98. The summed E-state index contributed by atoms with van der Waals surface area (Å²) in [4.78, 5) is 14.6. The van der Waals surface area contributed by atoms with Crippen LogP contribution in [0.2, 0.25) is 5.02 Å². The van der Waals surface area contributed by atoms with E-state index in [9.17, 15) is 4.79 Å². The van der Waals surface area contributed by atoms with E-state index in [1.807, 2.05) is 43.0 Å². The summed E-state index contributed by atoms with van der Waals surface area (Å²) in [7, 11) is 0. The van der Waals surface area contributed by atoms with Crippen LogP contribution >= 0.6 is 11.6 Å². The van der Waals surface area contributed by atoms with Crippen LogP contribution < -0.4 is 5.73 Å². The van der Waals surface area contributed by atoms with Crippen molar-refractivity contribution >= 4 is 17.5 Å². The Balaban J connectivity index is 2.22. The highest BCUT2D eigenvalue weighted by Gasteiger charge is 2.38. The van der Waals surface area contributed by atoms with Gasteiger partial charge in [-0.2, -0.15) is 0 Å². The highest BCUT2D eigenvalue weighted by molar-refractivity contribution is 6.30. The van der Waals surface area contributed by atoms with Crippen LogP contribution in [0.1, 0.15) is 45.2 Å². The van der Waals surface area contributed by atoms with E-state index in [1.54, 1.807) is 0 Å². The van der Waals surface area contributed by atoms with Gasteiger partial charge in [-0.05, 0) is 43.4 Å². The number of nitrogens with two attached hydrogens (primary N) is 1. The van der Waals surface area contributed by atoms with Gasteiger partial charge in [0.2, 0.25) is 5.91 Å². The first kappa shape index (κ1) is 15.3. The summed E-state index contributed by atoms with van der Waals surface area (Å²) >= 11 is 6.05. The number of carbonyl (C=O) groups is 1. The highest BCUT2D eigenvalue weighted by atomic mass is 35.5. The Morgan fingerprint density at radius 1 is 1.35 bits per heavy atom. The van der Waals surface area contributed by atoms with Gasteiger partial charge in [0.15, 0.2) is 0 Å². The largest absolute Gasteiger partial charge is 0.332 e. The lowest BCUT2D eigenvalue weighted by atomic mass is 10.0. The summed E-state index contributed by atoms with van der Waals surface area (Å²) < 4.78 is 0. The minimum atomic E-state index is -0.433. The molecule has 1 amide bonds. The van der Waals surface area contributed by atoms with Crippen LogP contribution in [0.25, 0.3) is 0 Å². The molecule has 0 bridgehead atoms. The van der Waals surface area contributed by atoms with Crippen LogP contribution in [0, 0.1) is 5.92 Å². The van der Waals surface area contributed by atoms with E-state index in [2.05, 4.69) is 6.92 Å². The Kier molecular flexibility index (Phi) is 4.71. The standard InChI is InChI=1S/C16H23ClN2O/c1-10(2)15(18)16(20)19(14-7-8-14)11(3)12-5-4-6-13(17)9-12/h4-6,9-11,14-15H,7-8,18H2,1-3H3/t11-,15?/m0/s1. The number of rotatable bonds is 5. The molecule has 1 aromatic rings. The summed E-state index contributed by atoms with van der Waals surface area (Å²) in [5.74, 6) is 0.199. The third kappa shape index (κ3) is 3.33. The number of halogens is 1. The third-order valence-electron chi connectivity index (χ3n) is 3.95. The van der Waals surface area contributed by atoms with Crippen LogP contribution in [0.4, 0.5) is 0 Å². The Labute approximate surface area is 126 Å². The van der Waals surface area contributed by atoms with E-state index in [4.69, 9.17) is 17.3 Å². The molecule has 0 aliphatic heterocycles. The zero-order valence-corrected chi connectivity index (χ0v) is 13.1. The first-order chi connectivity index (χ1) is 9.41. The first-order valence-electron chi connectivity index (χ1n) is 7.25. The Bertz CT molecular complexity index is 485. The number of nitrogens with zero attached hydrogens (tertiary/aromatic N) is 1. The van der Waals surface area contributed by atoms with Crippen LogP contribution in [0.5, 0.6) is 0 Å². The van der Waals surface area contributed by atoms with Crippen LogP contribution in [-0.4, -0.2) is 22.9 Å². The third-order valence-corrected chi connectivity index (χ3v) is 4.18. The van der Waals surface area contributed by atoms with Crippen LogP contribution in [0.3, 0.4) is 0 Å². The maximum Gasteiger partial charge on any atom is 0.240 e. The molecule has 0 radical (unpaired) electrons. The summed E-state index contributed by atoms with van der Waals surface area (Å²) in [6.45, 7) is 6.02. The zero-order valence-electron chi connectivity index (χ0n) is 12.3. The van der Waals surface area contributed by atoms with Crippen molar-refractivity contribution in [3.63, 3.8) is 0 Å². The maximum atomic E-state index is 12.6. The van der Waals surface area contributed by atoms with Crippen molar-refractivity contribution in [1.29, 1.82) is 0 Å². The van der Waals surface area contributed by atoms with Crippen molar-refractivity contribution < 1.29 is 4.79 Å². The molecule has 0 spiro atoms. The molecule has 4 heteroatoms. The fourth-order valence-electron chi connectivity index (χ4n) is 2.42. The van der Waals surface area contributed by atoms with Crippen molar-refractivity contribution in [2.24, 2.45) is 11.7 Å². The predicted molar refractivity (Wildman–Crippen MR) is 82.5 cm³/mol. The van der Waals surface area contributed by atoms with Crippen molar-refractivity contribution in [2.45, 2.75) is 51.7 Å². The van der Waals surface area contributed by atoms with Crippen molar-refractivity contribution in [2.75, 3.05) is 0 Å². The molecular formula is C16H23ClN2O. The number of hydrogen-bond acceptors (Lipinski definition) is 2. The molecule has 2 atom stereocenters. The molecule has 0 saturated heterocycles. The summed E-state index contributed by atoms with van der Waals surface area (Å²) in [6, 6.07) is 7.63. The van der Waals surface area contributed by atoms with Gasteiger partial charge in [-0.25, -0.2) is 0 Å². The second kappa shape index (κ2) is 6.15. The van der Waals surface area contributed by atoms with E-state index in [0.29, 0.717) is 11.1 Å². The first-order valence-corrected chi connectivity index (χ1v) is 7.63. The van der Waals surface area contributed by atoms with Gasteiger partial charge in [0.05, 0.1) is 12.1 Å². The molecule has 0 aromatic heterocycles. The van der Waals surface area contributed by atoms with Gasteiger partial charge < -0.3 is 10.6 Å². The molecule has 2 rings (SSSR count). The normalized spacial score (nSPS) is 17.9. The molecule has 1 aromatic carbocycles. The molecule has 0 heterocycles. The van der Waals surface area contributed by atoms with Crippen molar-refractivity contribution in [3.8, 4) is 0 Å².